The molecule has 9 heteroatoms. The Bertz CT molecular complexity index is 1010. The molecule has 0 atom stereocenters. The Hall–Kier alpha value is -2.65. The van der Waals surface area contributed by atoms with Crippen molar-refractivity contribution in [3.05, 3.63) is 46.2 Å². The summed E-state index contributed by atoms with van der Waals surface area (Å²) in [6, 6.07) is 8.82. The first kappa shape index (κ1) is 21.1. The maximum atomic E-state index is 12.4. The number of nitrogens with one attached hydrogen (secondary N) is 1. The van der Waals surface area contributed by atoms with Gasteiger partial charge >= 0.3 is 0 Å². The summed E-state index contributed by atoms with van der Waals surface area (Å²) in [5.74, 6) is 0.159. The molecule has 152 valence electrons. The van der Waals surface area contributed by atoms with Gasteiger partial charge < -0.3 is 15.6 Å². The molecule has 29 heavy (non-hydrogen) atoms. The van der Waals surface area contributed by atoms with Gasteiger partial charge in [0.2, 0.25) is 5.91 Å². The van der Waals surface area contributed by atoms with Gasteiger partial charge in [0.1, 0.15) is 0 Å². The standard InChI is InChI=1S/C20H23N5O2S2/c1-3-9-25-19(13-10-14(4-2)28-11-13)23-24-20(25)29-12-17(26)22-16-8-6-5-7-15(16)18(21)27/h5-8,10-11H,3-4,9,12H2,1-2H3,(H2,21,27)(H,22,26). The third-order valence-corrected chi connectivity index (χ3v) is 6.27. The number of benzene rings is 1. The summed E-state index contributed by atoms with van der Waals surface area (Å²) in [6.45, 7) is 4.99. The van der Waals surface area contributed by atoms with Crippen LogP contribution in [0.15, 0.2) is 40.9 Å². The van der Waals surface area contributed by atoms with E-state index in [1.807, 2.05) is 0 Å². The second-order valence-electron chi connectivity index (χ2n) is 6.36. The van der Waals surface area contributed by atoms with E-state index in [1.54, 1.807) is 35.6 Å². The molecule has 0 aliphatic rings. The zero-order valence-electron chi connectivity index (χ0n) is 16.3. The zero-order chi connectivity index (χ0) is 20.8. The van der Waals surface area contributed by atoms with Gasteiger partial charge in [-0.25, -0.2) is 0 Å². The summed E-state index contributed by atoms with van der Waals surface area (Å²) in [5, 5.41) is 14.2. The van der Waals surface area contributed by atoms with Crippen molar-refractivity contribution in [3.8, 4) is 11.4 Å². The van der Waals surface area contributed by atoms with Crippen LogP contribution in [0.1, 0.15) is 35.5 Å². The Kier molecular flexibility index (Phi) is 7.05. The van der Waals surface area contributed by atoms with Crippen LogP contribution in [0.2, 0.25) is 0 Å². The maximum absolute atomic E-state index is 12.4. The molecule has 2 aromatic heterocycles. The van der Waals surface area contributed by atoms with Crippen LogP contribution in [-0.4, -0.2) is 32.3 Å². The summed E-state index contributed by atoms with van der Waals surface area (Å²) >= 11 is 3.03. The van der Waals surface area contributed by atoms with Crippen LogP contribution >= 0.6 is 23.1 Å². The molecule has 3 rings (SSSR count). The monoisotopic (exact) mass is 429 g/mol. The lowest BCUT2D eigenvalue weighted by Crippen LogP contribution is -2.19. The quantitative estimate of drug-likeness (QED) is 0.504. The van der Waals surface area contributed by atoms with Crippen molar-refractivity contribution < 1.29 is 9.59 Å². The summed E-state index contributed by atoms with van der Waals surface area (Å²) in [4.78, 5) is 25.2. The smallest absolute Gasteiger partial charge is 0.250 e. The number of nitrogens with two attached hydrogens (primary N) is 1. The number of carbonyl (C=O) groups is 2. The third-order valence-electron chi connectivity index (χ3n) is 4.22. The molecule has 0 spiro atoms. The number of thioether (sulfide) groups is 1. The number of thiophene rings is 1. The highest BCUT2D eigenvalue weighted by Crippen LogP contribution is 2.28. The van der Waals surface area contributed by atoms with Crippen LogP contribution in [-0.2, 0) is 17.8 Å². The summed E-state index contributed by atoms with van der Waals surface area (Å²) in [5.41, 5.74) is 7.11. The highest BCUT2D eigenvalue weighted by Gasteiger charge is 2.17. The lowest BCUT2D eigenvalue weighted by Gasteiger charge is -2.10. The van der Waals surface area contributed by atoms with Gasteiger partial charge in [-0.15, -0.1) is 21.5 Å². The molecule has 0 saturated carbocycles. The Morgan fingerprint density at radius 3 is 2.72 bits per heavy atom. The number of amides is 2. The Morgan fingerprint density at radius 2 is 2.03 bits per heavy atom. The van der Waals surface area contributed by atoms with Crippen molar-refractivity contribution in [1.82, 2.24) is 14.8 Å². The number of hydrogen-bond acceptors (Lipinski definition) is 6. The molecule has 7 nitrogen and oxygen atoms in total. The fraction of sp³-hybridized carbons (Fsp3) is 0.300. The molecule has 0 unspecified atom stereocenters. The molecular weight excluding hydrogens is 406 g/mol. The summed E-state index contributed by atoms with van der Waals surface area (Å²) in [7, 11) is 0. The molecule has 0 bridgehead atoms. The van der Waals surface area contributed by atoms with Crippen molar-refractivity contribution in [2.45, 2.75) is 38.4 Å². The molecular formula is C20H23N5O2S2. The van der Waals surface area contributed by atoms with Crippen molar-refractivity contribution in [2.24, 2.45) is 5.73 Å². The molecule has 0 fully saturated rings. The predicted molar refractivity (Wildman–Crippen MR) is 117 cm³/mol. The predicted octanol–water partition coefficient (Wildman–Crippen LogP) is 3.81. The zero-order valence-corrected chi connectivity index (χ0v) is 18.0. The van der Waals surface area contributed by atoms with Gasteiger partial charge in [0.05, 0.1) is 17.0 Å². The largest absolute Gasteiger partial charge is 0.366 e. The van der Waals surface area contributed by atoms with E-state index < -0.39 is 5.91 Å². The molecule has 2 amide bonds. The van der Waals surface area contributed by atoms with Crippen LogP contribution in [0.5, 0.6) is 0 Å². The van der Waals surface area contributed by atoms with Crippen LogP contribution in [0.4, 0.5) is 5.69 Å². The van der Waals surface area contributed by atoms with Crippen molar-refractivity contribution in [3.63, 3.8) is 0 Å². The molecule has 3 N–H and O–H groups in total. The van der Waals surface area contributed by atoms with Crippen LogP contribution in [0.3, 0.4) is 0 Å². The van der Waals surface area contributed by atoms with E-state index in [0.717, 1.165) is 30.8 Å². The van der Waals surface area contributed by atoms with Gasteiger partial charge in [0.25, 0.3) is 5.91 Å². The van der Waals surface area contributed by atoms with Crippen LogP contribution in [0.25, 0.3) is 11.4 Å². The number of carbonyl (C=O) groups excluding carboxylic acids is 2. The van der Waals surface area contributed by atoms with Gasteiger partial charge in [0.15, 0.2) is 11.0 Å². The Balaban J connectivity index is 1.72. The lowest BCUT2D eigenvalue weighted by molar-refractivity contribution is -0.113. The fourth-order valence-electron chi connectivity index (χ4n) is 2.84. The average Bonchev–Trinajstić information content (AvgIpc) is 3.33. The number of hydrogen-bond donors (Lipinski definition) is 2. The van der Waals surface area contributed by atoms with E-state index in [4.69, 9.17) is 5.73 Å². The number of primary amides is 1. The Labute approximate surface area is 177 Å². The van der Waals surface area contributed by atoms with E-state index in [0.29, 0.717) is 10.8 Å². The normalized spacial score (nSPS) is 10.8. The van der Waals surface area contributed by atoms with Gasteiger partial charge in [-0.1, -0.05) is 37.7 Å². The minimum absolute atomic E-state index is 0.152. The van der Waals surface area contributed by atoms with E-state index in [1.165, 1.54) is 16.6 Å². The highest BCUT2D eigenvalue weighted by molar-refractivity contribution is 7.99. The molecule has 2 heterocycles. The fourth-order valence-corrected chi connectivity index (χ4v) is 4.42. The van der Waals surface area contributed by atoms with Gasteiger partial charge in [-0.05, 0) is 31.0 Å². The molecule has 0 saturated heterocycles. The van der Waals surface area contributed by atoms with Crippen LogP contribution in [0, 0.1) is 0 Å². The van der Waals surface area contributed by atoms with Crippen molar-refractivity contribution in [1.29, 1.82) is 0 Å². The van der Waals surface area contributed by atoms with Gasteiger partial charge in [-0.2, -0.15) is 0 Å². The first-order chi connectivity index (χ1) is 14.0. The molecule has 0 radical (unpaired) electrons. The van der Waals surface area contributed by atoms with Crippen LogP contribution < -0.4 is 11.1 Å². The number of para-hydroxylation sites is 1. The first-order valence-electron chi connectivity index (χ1n) is 9.35. The average molecular weight is 430 g/mol. The van der Waals surface area contributed by atoms with Gasteiger partial charge in [0, 0.05) is 22.4 Å². The highest BCUT2D eigenvalue weighted by atomic mass is 32.2. The molecule has 0 aliphatic carbocycles. The lowest BCUT2D eigenvalue weighted by atomic mass is 10.1. The number of anilines is 1. The topological polar surface area (TPSA) is 103 Å². The third kappa shape index (κ3) is 5.04. The number of aryl methyl sites for hydroxylation is 1. The van der Waals surface area contributed by atoms with Gasteiger partial charge in [-0.3, -0.25) is 9.59 Å². The van der Waals surface area contributed by atoms with E-state index in [9.17, 15) is 9.59 Å². The number of aromatic nitrogens is 3. The maximum Gasteiger partial charge on any atom is 0.250 e. The van der Waals surface area contributed by atoms with Crippen molar-refractivity contribution >= 4 is 40.6 Å². The molecule has 1 aromatic carbocycles. The Morgan fingerprint density at radius 1 is 1.24 bits per heavy atom. The van der Waals surface area contributed by atoms with E-state index >= 15 is 0 Å². The second kappa shape index (κ2) is 9.71. The summed E-state index contributed by atoms with van der Waals surface area (Å²) < 4.78 is 2.05. The second-order valence-corrected chi connectivity index (χ2v) is 8.30. The van der Waals surface area contributed by atoms with Crippen molar-refractivity contribution in [2.75, 3.05) is 11.1 Å². The minimum atomic E-state index is -0.580. The first-order valence-corrected chi connectivity index (χ1v) is 11.2. The summed E-state index contributed by atoms with van der Waals surface area (Å²) in [6.07, 6.45) is 1.92. The molecule has 3 aromatic rings. The SMILES string of the molecule is CCCn1c(SCC(=O)Nc2ccccc2C(N)=O)nnc1-c1csc(CC)c1. The van der Waals surface area contributed by atoms with E-state index in [-0.39, 0.29) is 17.2 Å². The number of nitrogens with zero attached hydrogens (tertiary/aromatic N) is 3. The van der Waals surface area contributed by atoms with E-state index in [2.05, 4.69) is 45.4 Å². The number of rotatable bonds is 9. The minimum Gasteiger partial charge on any atom is -0.366 e. The molecule has 0 aliphatic heterocycles.